The van der Waals surface area contributed by atoms with E-state index in [-0.39, 0.29) is 14.6 Å². The lowest BCUT2D eigenvalue weighted by atomic mass is 10.2. The summed E-state index contributed by atoms with van der Waals surface area (Å²) < 4.78 is 20.1. The summed E-state index contributed by atoms with van der Waals surface area (Å²) in [6.07, 6.45) is 6.05. The minimum atomic E-state index is -0.528. The number of hydrogen-bond donors (Lipinski definition) is 1. The number of alkyl carbamates (subject to hydrolysis) is 1. The first-order valence-corrected chi connectivity index (χ1v) is 10.1. The van der Waals surface area contributed by atoms with Crippen LogP contribution in [0.1, 0.15) is 39.6 Å². The Bertz CT molecular complexity index is 747. The highest BCUT2D eigenvalue weighted by Gasteiger charge is 2.04. The summed E-state index contributed by atoms with van der Waals surface area (Å²) in [5.74, 6) is -0.110. The first-order valence-electron chi connectivity index (χ1n) is 10.1. The Labute approximate surface area is 184 Å². The van der Waals surface area contributed by atoms with Crippen molar-refractivity contribution in [2.75, 3.05) is 33.5 Å². The highest BCUT2D eigenvalue weighted by atomic mass is 16.6. The van der Waals surface area contributed by atoms with Crippen LogP contribution in [0.5, 0.6) is 5.75 Å². The van der Waals surface area contributed by atoms with Crippen LogP contribution in [-0.2, 0) is 23.8 Å². The van der Waals surface area contributed by atoms with Gasteiger partial charge in [-0.05, 0) is 56.4 Å². The summed E-state index contributed by atoms with van der Waals surface area (Å²) in [6, 6.07) is 7.43. The quantitative estimate of drug-likeness (QED) is 0.205. The second kappa shape index (κ2) is 15.5. The number of hydrogen-bond acceptors (Lipinski definition) is 7. The predicted molar refractivity (Wildman–Crippen MR) is 119 cm³/mol. The number of carbonyl (C=O) groups excluding carboxylic acids is 3. The van der Waals surface area contributed by atoms with Crippen molar-refractivity contribution in [1.29, 1.82) is 0 Å². The van der Waals surface area contributed by atoms with E-state index in [0.717, 1.165) is 37.0 Å². The van der Waals surface area contributed by atoms with Crippen LogP contribution in [0.3, 0.4) is 0 Å². The molecule has 8 nitrogen and oxygen atoms in total. The van der Waals surface area contributed by atoms with Crippen molar-refractivity contribution in [3.63, 3.8) is 0 Å². The first-order chi connectivity index (χ1) is 14.9. The fourth-order valence-electron chi connectivity index (χ4n) is 2.29. The molecule has 0 aliphatic rings. The van der Waals surface area contributed by atoms with Gasteiger partial charge in [-0.15, -0.1) is 0 Å². The van der Waals surface area contributed by atoms with Crippen LogP contribution in [0.25, 0.3) is 6.08 Å². The molecule has 1 aromatic carbocycles. The Balaban J connectivity index is 0.00000961. The molecule has 0 heterocycles. The number of rotatable bonds is 14. The lowest BCUT2D eigenvalue weighted by Crippen LogP contribution is -2.29. The maximum atomic E-state index is 11.5. The van der Waals surface area contributed by atoms with Crippen molar-refractivity contribution in [2.45, 2.75) is 32.6 Å². The lowest BCUT2D eigenvalue weighted by molar-refractivity contribution is -0.138. The number of esters is 2. The second-order valence-corrected chi connectivity index (χ2v) is 6.67. The van der Waals surface area contributed by atoms with Crippen LogP contribution in [0.15, 0.2) is 42.5 Å². The van der Waals surface area contributed by atoms with Crippen molar-refractivity contribution in [3.8, 4) is 5.75 Å². The maximum Gasteiger partial charge on any atom is 0.407 e. The monoisotopic (exact) mass is 435 g/mol. The molecule has 0 saturated carbocycles. The third-order valence-corrected chi connectivity index (χ3v) is 3.99. The van der Waals surface area contributed by atoms with E-state index in [9.17, 15) is 14.4 Å². The van der Waals surface area contributed by atoms with Crippen molar-refractivity contribution < 1.29 is 34.8 Å². The van der Waals surface area contributed by atoms with Crippen LogP contribution in [0.2, 0.25) is 0 Å². The number of unbranched alkanes of at least 4 members (excludes halogenated alkanes) is 3. The largest absolute Gasteiger partial charge is 0.494 e. The Hall–Kier alpha value is -3.29. The van der Waals surface area contributed by atoms with Crippen LogP contribution >= 0.6 is 0 Å². The zero-order valence-corrected chi connectivity index (χ0v) is 18.2. The number of methoxy groups -OCH3 is 1. The third kappa shape index (κ3) is 12.8. The smallest absolute Gasteiger partial charge is 0.407 e. The molecule has 0 radical (unpaired) electrons. The normalized spacial score (nSPS) is 10.4. The van der Waals surface area contributed by atoms with E-state index >= 15 is 0 Å². The molecule has 172 valence electrons. The van der Waals surface area contributed by atoms with Crippen LogP contribution in [-0.4, -0.2) is 51.5 Å². The van der Waals surface area contributed by atoms with Crippen LogP contribution in [0.4, 0.5) is 4.79 Å². The molecule has 31 heavy (non-hydrogen) atoms. The fraction of sp³-hybridized carbons (Fsp3) is 0.435. The SMILES string of the molecule is C=C(C)C(=O)OCCNC(=O)OCCCCCCOc1ccc(/C=C/C(=O)OC)cc1.[HH]. The lowest BCUT2D eigenvalue weighted by Gasteiger charge is -2.08. The van der Waals surface area contributed by atoms with E-state index in [1.807, 2.05) is 24.3 Å². The average molecular weight is 436 g/mol. The number of ether oxygens (including phenoxy) is 4. The van der Waals surface area contributed by atoms with Gasteiger partial charge in [-0.2, -0.15) is 0 Å². The highest BCUT2D eigenvalue weighted by molar-refractivity contribution is 5.87. The van der Waals surface area contributed by atoms with E-state index in [0.29, 0.717) is 18.8 Å². The summed E-state index contributed by atoms with van der Waals surface area (Å²) in [7, 11) is 1.34. The van der Waals surface area contributed by atoms with E-state index in [1.165, 1.54) is 13.2 Å². The van der Waals surface area contributed by atoms with Gasteiger partial charge in [0, 0.05) is 13.1 Å². The van der Waals surface area contributed by atoms with Crippen LogP contribution in [0, 0.1) is 0 Å². The molecule has 1 amide bonds. The van der Waals surface area contributed by atoms with E-state index in [4.69, 9.17) is 14.2 Å². The molecule has 1 rings (SSSR count). The Kier molecular flexibility index (Phi) is 12.9. The van der Waals surface area contributed by atoms with E-state index in [2.05, 4.69) is 16.6 Å². The highest BCUT2D eigenvalue weighted by Crippen LogP contribution is 2.14. The molecule has 0 unspecified atom stereocenters. The number of amides is 1. The Morgan fingerprint density at radius 1 is 1.00 bits per heavy atom. The molecule has 1 aromatic rings. The molecule has 0 bridgehead atoms. The van der Waals surface area contributed by atoms with Gasteiger partial charge in [0.25, 0.3) is 0 Å². The average Bonchev–Trinajstić information content (AvgIpc) is 2.77. The van der Waals surface area contributed by atoms with Gasteiger partial charge in [-0.25, -0.2) is 14.4 Å². The minimum Gasteiger partial charge on any atom is -0.494 e. The van der Waals surface area contributed by atoms with Crippen molar-refractivity contribution in [1.82, 2.24) is 5.32 Å². The van der Waals surface area contributed by atoms with Gasteiger partial charge < -0.3 is 24.3 Å². The van der Waals surface area contributed by atoms with E-state index < -0.39 is 18.0 Å². The molecular weight excluding hydrogens is 402 g/mol. The molecule has 0 atom stereocenters. The Morgan fingerprint density at radius 3 is 2.32 bits per heavy atom. The molecule has 0 aliphatic heterocycles. The van der Waals surface area contributed by atoms with Gasteiger partial charge in [0.2, 0.25) is 0 Å². The summed E-state index contributed by atoms with van der Waals surface area (Å²) in [4.78, 5) is 33.7. The van der Waals surface area contributed by atoms with Gasteiger partial charge >= 0.3 is 18.0 Å². The molecule has 8 heteroatoms. The number of nitrogens with one attached hydrogen (secondary N) is 1. The zero-order chi connectivity index (χ0) is 22.9. The molecule has 0 spiro atoms. The first kappa shape index (κ1) is 25.7. The van der Waals surface area contributed by atoms with Gasteiger partial charge in [0.05, 0.1) is 26.9 Å². The molecule has 1 N–H and O–H groups in total. The van der Waals surface area contributed by atoms with Crippen molar-refractivity contribution in [2.24, 2.45) is 0 Å². The van der Waals surface area contributed by atoms with Crippen molar-refractivity contribution in [3.05, 3.63) is 48.1 Å². The molecule has 0 fully saturated rings. The summed E-state index contributed by atoms with van der Waals surface area (Å²) in [6.45, 7) is 6.23. The summed E-state index contributed by atoms with van der Waals surface area (Å²) in [5.41, 5.74) is 1.20. The molecule has 0 aromatic heterocycles. The number of carbonyl (C=O) groups is 3. The molecule has 0 aliphatic carbocycles. The minimum absolute atomic E-state index is 0. The standard InChI is InChI=1S/C23H31NO7.H2/c1-18(2)22(26)30-17-14-24-23(27)31-16-7-5-4-6-15-29-20-11-8-19(9-12-20)10-13-21(25)28-3;/h8-13H,1,4-7,14-17H2,2-3H3,(H,24,27);1H/b13-10+;. The van der Waals surface area contributed by atoms with Gasteiger partial charge in [-0.3, -0.25) is 0 Å². The Morgan fingerprint density at radius 2 is 1.68 bits per heavy atom. The topological polar surface area (TPSA) is 100 Å². The van der Waals surface area contributed by atoms with Crippen molar-refractivity contribution >= 4 is 24.1 Å². The maximum absolute atomic E-state index is 11.5. The predicted octanol–water partition coefficient (Wildman–Crippen LogP) is 3.90. The van der Waals surface area contributed by atoms with Gasteiger partial charge in [-0.1, -0.05) is 18.7 Å². The van der Waals surface area contributed by atoms with Crippen LogP contribution < -0.4 is 10.1 Å². The third-order valence-electron chi connectivity index (χ3n) is 3.99. The van der Waals surface area contributed by atoms with Gasteiger partial charge in [0.15, 0.2) is 0 Å². The summed E-state index contributed by atoms with van der Waals surface area (Å²) >= 11 is 0. The van der Waals surface area contributed by atoms with E-state index in [1.54, 1.807) is 13.0 Å². The molecular formula is C23H33NO7. The second-order valence-electron chi connectivity index (χ2n) is 6.67. The fourth-order valence-corrected chi connectivity index (χ4v) is 2.29. The number of benzene rings is 1. The summed E-state index contributed by atoms with van der Waals surface area (Å²) in [5, 5.41) is 2.51. The molecule has 0 saturated heterocycles. The zero-order valence-electron chi connectivity index (χ0n) is 18.2. The van der Waals surface area contributed by atoms with Gasteiger partial charge in [0.1, 0.15) is 12.4 Å².